The third-order valence-corrected chi connectivity index (χ3v) is 5.00. The maximum atomic E-state index is 4.69. The Balaban J connectivity index is 0.00000338. The van der Waals surface area contributed by atoms with Gasteiger partial charge in [0.2, 0.25) is 0 Å². The predicted molar refractivity (Wildman–Crippen MR) is 121 cm³/mol. The van der Waals surface area contributed by atoms with Crippen LogP contribution in [0.3, 0.4) is 0 Å². The van der Waals surface area contributed by atoms with Gasteiger partial charge in [-0.1, -0.05) is 26.8 Å². The SMILES string of the molecule is CCNC(=NCc1ccccn1)NCC(C(C)C)N1CCC(C)CC1.I. The number of pyridine rings is 1. The molecule has 148 valence electrons. The topological polar surface area (TPSA) is 52.6 Å². The second-order valence-corrected chi connectivity index (χ2v) is 7.43. The first-order valence-corrected chi connectivity index (χ1v) is 9.76. The van der Waals surface area contributed by atoms with Crippen LogP contribution >= 0.6 is 24.0 Å². The summed E-state index contributed by atoms with van der Waals surface area (Å²) in [5, 5.41) is 6.90. The minimum atomic E-state index is 0. The number of likely N-dealkylation sites (tertiary alicyclic amines) is 1. The number of guanidine groups is 1. The van der Waals surface area contributed by atoms with Crippen molar-refractivity contribution in [3.63, 3.8) is 0 Å². The molecule has 0 bridgehead atoms. The van der Waals surface area contributed by atoms with Gasteiger partial charge in [-0.25, -0.2) is 4.99 Å². The summed E-state index contributed by atoms with van der Waals surface area (Å²) in [5.41, 5.74) is 0.991. The molecule has 0 amide bonds. The third kappa shape index (κ3) is 7.78. The lowest BCUT2D eigenvalue weighted by molar-refractivity contribution is 0.110. The molecule has 0 saturated carbocycles. The zero-order valence-electron chi connectivity index (χ0n) is 16.7. The van der Waals surface area contributed by atoms with E-state index in [0.29, 0.717) is 18.5 Å². The lowest BCUT2D eigenvalue weighted by atomic mass is 9.94. The fourth-order valence-electron chi connectivity index (χ4n) is 3.34. The van der Waals surface area contributed by atoms with Crippen LogP contribution in [0, 0.1) is 11.8 Å². The van der Waals surface area contributed by atoms with Crippen molar-refractivity contribution in [3.8, 4) is 0 Å². The van der Waals surface area contributed by atoms with Crippen LogP contribution in [0.5, 0.6) is 0 Å². The molecule has 1 saturated heterocycles. The molecule has 1 aromatic heterocycles. The van der Waals surface area contributed by atoms with Crippen LogP contribution in [0.4, 0.5) is 0 Å². The maximum Gasteiger partial charge on any atom is 0.191 e. The van der Waals surface area contributed by atoms with Crippen LogP contribution in [0.2, 0.25) is 0 Å². The van der Waals surface area contributed by atoms with Crippen molar-refractivity contribution in [2.24, 2.45) is 16.8 Å². The Morgan fingerprint density at radius 2 is 2.00 bits per heavy atom. The number of hydrogen-bond acceptors (Lipinski definition) is 3. The van der Waals surface area contributed by atoms with Gasteiger partial charge in [0.05, 0.1) is 12.2 Å². The highest BCUT2D eigenvalue weighted by atomic mass is 127. The Labute approximate surface area is 176 Å². The molecule has 0 aromatic carbocycles. The van der Waals surface area contributed by atoms with E-state index in [2.05, 4.69) is 53.2 Å². The predicted octanol–water partition coefficient (Wildman–Crippen LogP) is 3.51. The quantitative estimate of drug-likeness (QED) is 0.362. The van der Waals surface area contributed by atoms with E-state index < -0.39 is 0 Å². The zero-order valence-corrected chi connectivity index (χ0v) is 19.1. The molecule has 26 heavy (non-hydrogen) atoms. The highest BCUT2D eigenvalue weighted by Crippen LogP contribution is 2.21. The van der Waals surface area contributed by atoms with Gasteiger partial charge in [-0.2, -0.15) is 0 Å². The van der Waals surface area contributed by atoms with E-state index in [1.54, 1.807) is 0 Å². The molecule has 1 aliphatic heterocycles. The molecule has 6 heteroatoms. The van der Waals surface area contributed by atoms with E-state index in [1.165, 1.54) is 25.9 Å². The van der Waals surface area contributed by atoms with Crippen molar-refractivity contribution in [2.45, 2.75) is 53.1 Å². The Kier molecular flexibility index (Phi) is 11.1. The van der Waals surface area contributed by atoms with Gasteiger partial charge in [0.25, 0.3) is 0 Å². The van der Waals surface area contributed by atoms with Gasteiger partial charge in [0.15, 0.2) is 5.96 Å². The fourth-order valence-corrected chi connectivity index (χ4v) is 3.34. The number of aliphatic imine (C=N–C) groups is 1. The van der Waals surface area contributed by atoms with Crippen molar-refractivity contribution in [1.82, 2.24) is 20.5 Å². The normalized spacial score (nSPS) is 17.7. The first-order chi connectivity index (χ1) is 12.1. The minimum absolute atomic E-state index is 0. The summed E-state index contributed by atoms with van der Waals surface area (Å²) < 4.78 is 0. The number of nitrogens with zero attached hydrogens (tertiary/aromatic N) is 3. The highest BCUT2D eigenvalue weighted by molar-refractivity contribution is 14.0. The molecule has 1 aliphatic rings. The number of halogens is 1. The summed E-state index contributed by atoms with van der Waals surface area (Å²) in [4.78, 5) is 11.7. The summed E-state index contributed by atoms with van der Waals surface area (Å²) >= 11 is 0. The Morgan fingerprint density at radius 3 is 2.58 bits per heavy atom. The van der Waals surface area contributed by atoms with Crippen LogP contribution in [0.15, 0.2) is 29.4 Å². The van der Waals surface area contributed by atoms with Gasteiger partial charge >= 0.3 is 0 Å². The van der Waals surface area contributed by atoms with Crippen LogP contribution in [-0.2, 0) is 6.54 Å². The lowest BCUT2D eigenvalue weighted by Crippen LogP contribution is -2.51. The van der Waals surface area contributed by atoms with Gasteiger partial charge in [-0.3, -0.25) is 9.88 Å². The second kappa shape index (κ2) is 12.5. The van der Waals surface area contributed by atoms with E-state index in [9.17, 15) is 0 Å². The largest absolute Gasteiger partial charge is 0.357 e. The van der Waals surface area contributed by atoms with Gasteiger partial charge < -0.3 is 10.6 Å². The molecule has 1 aromatic rings. The third-order valence-electron chi connectivity index (χ3n) is 5.00. The smallest absolute Gasteiger partial charge is 0.191 e. The van der Waals surface area contributed by atoms with E-state index in [1.807, 2.05) is 24.4 Å². The maximum absolute atomic E-state index is 4.69. The highest BCUT2D eigenvalue weighted by Gasteiger charge is 2.25. The van der Waals surface area contributed by atoms with E-state index in [4.69, 9.17) is 0 Å². The first kappa shape index (κ1) is 23.1. The van der Waals surface area contributed by atoms with Crippen molar-refractivity contribution >= 4 is 29.9 Å². The Morgan fingerprint density at radius 1 is 1.27 bits per heavy atom. The summed E-state index contributed by atoms with van der Waals surface area (Å²) in [6.45, 7) is 13.9. The molecule has 0 radical (unpaired) electrons. The van der Waals surface area contributed by atoms with Gasteiger partial charge in [-0.05, 0) is 56.8 Å². The summed E-state index contributed by atoms with van der Waals surface area (Å²) in [6, 6.07) is 6.50. The van der Waals surface area contributed by atoms with Crippen molar-refractivity contribution < 1.29 is 0 Å². The Bertz CT molecular complexity index is 512. The molecule has 1 fully saturated rings. The van der Waals surface area contributed by atoms with Gasteiger partial charge in [0, 0.05) is 25.3 Å². The van der Waals surface area contributed by atoms with Crippen molar-refractivity contribution in [3.05, 3.63) is 30.1 Å². The number of hydrogen-bond donors (Lipinski definition) is 2. The van der Waals surface area contributed by atoms with Gasteiger partial charge in [-0.15, -0.1) is 24.0 Å². The number of aromatic nitrogens is 1. The van der Waals surface area contributed by atoms with Crippen LogP contribution in [0.25, 0.3) is 0 Å². The standard InChI is InChI=1S/C20H35N5.HI/c1-5-21-20(23-14-18-8-6-7-11-22-18)24-15-19(16(2)3)25-12-9-17(4)10-13-25;/h6-8,11,16-17,19H,5,9-10,12-15H2,1-4H3,(H2,21,23,24);1H. The average molecular weight is 473 g/mol. The Hall–Kier alpha value is -0.890. The van der Waals surface area contributed by atoms with Crippen LogP contribution < -0.4 is 10.6 Å². The second-order valence-electron chi connectivity index (χ2n) is 7.43. The van der Waals surface area contributed by atoms with Crippen molar-refractivity contribution in [1.29, 1.82) is 0 Å². The fraction of sp³-hybridized carbons (Fsp3) is 0.700. The molecule has 1 unspecified atom stereocenters. The average Bonchev–Trinajstić information content (AvgIpc) is 2.62. The van der Waals surface area contributed by atoms with E-state index in [-0.39, 0.29) is 24.0 Å². The molecule has 2 N–H and O–H groups in total. The molecule has 5 nitrogen and oxygen atoms in total. The zero-order chi connectivity index (χ0) is 18.1. The number of piperidine rings is 1. The number of nitrogens with one attached hydrogen (secondary N) is 2. The summed E-state index contributed by atoms with van der Waals surface area (Å²) in [7, 11) is 0. The monoisotopic (exact) mass is 473 g/mol. The first-order valence-electron chi connectivity index (χ1n) is 9.76. The summed E-state index contributed by atoms with van der Waals surface area (Å²) in [6.07, 6.45) is 4.45. The molecule has 0 aliphatic carbocycles. The van der Waals surface area contributed by atoms with Gasteiger partial charge in [0.1, 0.15) is 0 Å². The van der Waals surface area contributed by atoms with E-state index in [0.717, 1.165) is 30.7 Å². The number of rotatable bonds is 7. The van der Waals surface area contributed by atoms with Crippen LogP contribution in [0.1, 0.15) is 46.2 Å². The van der Waals surface area contributed by atoms with Crippen LogP contribution in [-0.4, -0.2) is 48.1 Å². The van der Waals surface area contributed by atoms with E-state index >= 15 is 0 Å². The van der Waals surface area contributed by atoms with Crippen molar-refractivity contribution in [2.75, 3.05) is 26.2 Å². The molecule has 1 atom stereocenters. The molecule has 2 heterocycles. The minimum Gasteiger partial charge on any atom is -0.357 e. The molecular formula is C20H36IN5. The molecule has 2 rings (SSSR count). The summed E-state index contributed by atoms with van der Waals surface area (Å²) in [5.74, 6) is 2.37. The molecule has 0 spiro atoms. The lowest BCUT2D eigenvalue weighted by Gasteiger charge is -2.39. The molecular weight excluding hydrogens is 437 g/mol.